The highest BCUT2D eigenvalue weighted by molar-refractivity contribution is 5.94. The van der Waals surface area contributed by atoms with Gasteiger partial charge >= 0.3 is 0 Å². The lowest BCUT2D eigenvalue weighted by molar-refractivity contribution is -0.136. The summed E-state index contributed by atoms with van der Waals surface area (Å²) in [5, 5.41) is 12.8. The summed E-state index contributed by atoms with van der Waals surface area (Å²) in [6, 6.07) is 7.77. The first-order valence-electron chi connectivity index (χ1n) is 9.60. The summed E-state index contributed by atoms with van der Waals surface area (Å²) in [5.41, 5.74) is 1.83. The molecule has 3 aliphatic heterocycles. The van der Waals surface area contributed by atoms with Gasteiger partial charge < -0.3 is 19.6 Å². The Bertz CT molecular complexity index is 682. The zero-order valence-corrected chi connectivity index (χ0v) is 15.0. The normalized spacial score (nSPS) is 31.2. The number of oxime groups is 1. The van der Waals surface area contributed by atoms with Gasteiger partial charge in [-0.05, 0) is 56.1 Å². The lowest BCUT2D eigenvalue weighted by Crippen LogP contribution is -2.53. The molecule has 140 valence electrons. The molecule has 1 unspecified atom stereocenters. The number of para-hydroxylation sites is 1. The van der Waals surface area contributed by atoms with E-state index in [2.05, 4.69) is 11.2 Å². The van der Waals surface area contributed by atoms with Crippen LogP contribution in [0.15, 0.2) is 29.4 Å². The van der Waals surface area contributed by atoms with E-state index in [1.165, 1.54) is 5.56 Å². The molecule has 0 radical (unpaired) electrons. The Hall–Kier alpha value is -2.08. The van der Waals surface area contributed by atoms with E-state index >= 15 is 0 Å². The molecule has 5 rings (SSSR count). The van der Waals surface area contributed by atoms with Crippen molar-refractivity contribution in [3.63, 3.8) is 0 Å². The second kappa shape index (κ2) is 7.66. The molecule has 6 heteroatoms. The number of ether oxygens (including phenoxy) is 2. The summed E-state index contributed by atoms with van der Waals surface area (Å²) >= 11 is 0. The first-order chi connectivity index (χ1) is 12.8. The number of hydrogen-bond donors (Lipinski definition) is 1. The quantitative estimate of drug-likeness (QED) is 0.572. The number of rotatable bonds is 0. The number of amides is 1. The van der Waals surface area contributed by atoms with Gasteiger partial charge in [0.05, 0.1) is 24.5 Å². The number of carbonyl (C=O) groups is 1. The molecule has 1 saturated heterocycles. The van der Waals surface area contributed by atoms with Gasteiger partial charge in [-0.2, -0.15) is 0 Å². The predicted molar refractivity (Wildman–Crippen MR) is 96.8 cm³/mol. The molecule has 3 heterocycles. The second-order valence-electron chi connectivity index (χ2n) is 7.43. The first-order valence-corrected chi connectivity index (χ1v) is 9.60. The summed E-state index contributed by atoms with van der Waals surface area (Å²) in [4.78, 5) is 14.6. The predicted octanol–water partition coefficient (Wildman–Crippen LogP) is 2.94. The van der Waals surface area contributed by atoms with Gasteiger partial charge in [0.1, 0.15) is 5.75 Å². The fraction of sp³-hybridized carbons (Fsp3) is 0.600. The highest BCUT2D eigenvalue weighted by Crippen LogP contribution is 2.38. The highest BCUT2D eigenvalue weighted by Gasteiger charge is 2.34. The third kappa shape index (κ3) is 3.43. The average molecular weight is 358 g/mol. The van der Waals surface area contributed by atoms with E-state index in [-0.39, 0.29) is 24.7 Å². The van der Waals surface area contributed by atoms with Crippen LogP contribution in [0.25, 0.3) is 0 Å². The van der Waals surface area contributed by atoms with Crippen molar-refractivity contribution in [1.82, 2.24) is 4.90 Å². The van der Waals surface area contributed by atoms with E-state index in [0.717, 1.165) is 37.9 Å². The van der Waals surface area contributed by atoms with E-state index in [9.17, 15) is 10.0 Å². The van der Waals surface area contributed by atoms with Crippen LogP contribution >= 0.6 is 0 Å². The lowest BCUT2D eigenvalue weighted by atomic mass is 9.82. The van der Waals surface area contributed by atoms with Crippen molar-refractivity contribution in [2.24, 2.45) is 5.16 Å². The van der Waals surface area contributed by atoms with Crippen LogP contribution in [0.4, 0.5) is 0 Å². The Morgan fingerprint density at radius 1 is 1.15 bits per heavy atom. The van der Waals surface area contributed by atoms with Crippen molar-refractivity contribution in [3.05, 3.63) is 29.8 Å². The largest absolute Gasteiger partial charge is 0.483 e. The van der Waals surface area contributed by atoms with Gasteiger partial charge in [-0.25, -0.2) is 0 Å². The average Bonchev–Trinajstić information content (AvgIpc) is 2.71. The van der Waals surface area contributed by atoms with Crippen molar-refractivity contribution in [2.75, 3.05) is 19.8 Å². The van der Waals surface area contributed by atoms with Crippen LogP contribution in [-0.2, 0) is 9.53 Å². The molecule has 2 fully saturated rings. The number of fused-ring (bicyclic) bond motifs is 5. The van der Waals surface area contributed by atoms with Crippen molar-refractivity contribution in [1.29, 1.82) is 0 Å². The van der Waals surface area contributed by atoms with Gasteiger partial charge in [-0.3, -0.25) is 4.79 Å². The minimum Gasteiger partial charge on any atom is -0.483 e. The molecular formula is C20H26N2O4. The molecule has 1 saturated carbocycles. The number of benzene rings is 1. The number of nitrogens with zero attached hydrogens (tertiary/aromatic N) is 2. The summed E-state index contributed by atoms with van der Waals surface area (Å²) < 4.78 is 12.1. The monoisotopic (exact) mass is 358 g/mol. The fourth-order valence-electron chi connectivity index (χ4n) is 4.47. The Morgan fingerprint density at radius 2 is 1.96 bits per heavy atom. The van der Waals surface area contributed by atoms with Crippen LogP contribution < -0.4 is 4.74 Å². The molecule has 1 atom stereocenters. The topological polar surface area (TPSA) is 71.4 Å². The molecular weight excluding hydrogens is 332 g/mol. The first kappa shape index (κ1) is 17.3. The number of carbonyl (C=O) groups excluding carboxylic acids is 1. The molecule has 26 heavy (non-hydrogen) atoms. The van der Waals surface area contributed by atoms with E-state index in [1.807, 2.05) is 18.2 Å². The van der Waals surface area contributed by atoms with Gasteiger partial charge in [-0.15, -0.1) is 0 Å². The zero-order chi connectivity index (χ0) is 17.9. The molecule has 6 nitrogen and oxygen atoms in total. The number of piperidine rings is 1. The fourth-order valence-corrected chi connectivity index (χ4v) is 4.47. The van der Waals surface area contributed by atoms with E-state index in [1.54, 1.807) is 4.90 Å². The molecule has 0 aromatic heterocycles. The molecule has 0 spiro atoms. The molecule has 4 aliphatic rings. The standard InChI is InChI=1S/C20H26N2O4/c23-20-13-26-19-6-2-1-4-16(19)14-7-9-15(10-8-14)25-12-18-17(21-24)5-3-11-22(18)20/h1-2,4,6,14-15,18,24H,3,5,7-13H2. The van der Waals surface area contributed by atoms with Crippen LogP contribution in [0.3, 0.4) is 0 Å². The van der Waals surface area contributed by atoms with Crippen LogP contribution in [0.1, 0.15) is 50.0 Å². The van der Waals surface area contributed by atoms with E-state index in [4.69, 9.17) is 9.47 Å². The van der Waals surface area contributed by atoms with E-state index in [0.29, 0.717) is 31.2 Å². The summed E-state index contributed by atoms with van der Waals surface area (Å²) in [5.74, 6) is 1.19. The molecule has 2 bridgehead atoms. The third-order valence-corrected chi connectivity index (χ3v) is 5.92. The third-order valence-electron chi connectivity index (χ3n) is 5.92. The van der Waals surface area contributed by atoms with Gasteiger partial charge in [0.2, 0.25) is 0 Å². The van der Waals surface area contributed by atoms with Crippen LogP contribution in [0, 0.1) is 0 Å². The van der Waals surface area contributed by atoms with Gasteiger partial charge in [-0.1, -0.05) is 23.4 Å². The summed E-state index contributed by atoms with van der Waals surface area (Å²) in [7, 11) is 0. The highest BCUT2D eigenvalue weighted by atomic mass is 16.5. The Labute approximate surface area is 153 Å². The number of hydrogen-bond acceptors (Lipinski definition) is 5. The van der Waals surface area contributed by atoms with Crippen molar-refractivity contribution in [3.8, 4) is 5.75 Å². The minimum absolute atomic E-state index is 0.00235. The van der Waals surface area contributed by atoms with Crippen LogP contribution in [0.2, 0.25) is 0 Å². The maximum Gasteiger partial charge on any atom is 0.261 e. The second-order valence-corrected chi connectivity index (χ2v) is 7.43. The Morgan fingerprint density at radius 3 is 2.77 bits per heavy atom. The van der Waals surface area contributed by atoms with Crippen molar-refractivity contribution < 1.29 is 19.5 Å². The minimum atomic E-state index is -0.293. The SMILES string of the molecule is O=C1COc2ccccc2C2CCC(CC2)OCC2C(=NO)CCCN12. The molecule has 1 aromatic rings. The van der Waals surface area contributed by atoms with Crippen molar-refractivity contribution in [2.45, 2.75) is 56.6 Å². The van der Waals surface area contributed by atoms with E-state index < -0.39 is 0 Å². The van der Waals surface area contributed by atoms with Crippen LogP contribution in [-0.4, -0.2) is 53.6 Å². The van der Waals surface area contributed by atoms with Gasteiger partial charge in [0, 0.05) is 6.54 Å². The lowest BCUT2D eigenvalue weighted by Gasteiger charge is -2.37. The summed E-state index contributed by atoms with van der Waals surface area (Å²) in [6.07, 6.45) is 5.84. The molecule has 1 N–H and O–H groups in total. The van der Waals surface area contributed by atoms with Crippen LogP contribution in [0.5, 0.6) is 5.75 Å². The Kier molecular flexibility index (Phi) is 5.11. The molecule has 1 aromatic carbocycles. The maximum absolute atomic E-state index is 12.8. The Balaban J connectivity index is 1.63. The smallest absolute Gasteiger partial charge is 0.261 e. The van der Waals surface area contributed by atoms with Gasteiger partial charge in [0.15, 0.2) is 6.61 Å². The molecule has 1 amide bonds. The van der Waals surface area contributed by atoms with Crippen molar-refractivity contribution >= 4 is 11.6 Å². The molecule has 1 aliphatic carbocycles. The zero-order valence-electron chi connectivity index (χ0n) is 15.0. The van der Waals surface area contributed by atoms with Gasteiger partial charge in [0.25, 0.3) is 5.91 Å². The summed E-state index contributed by atoms with van der Waals surface area (Å²) in [6.45, 7) is 1.04. The maximum atomic E-state index is 12.8.